The van der Waals surface area contributed by atoms with Crippen LogP contribution in [-0.2, 0) is 27.8 Å². The molecule has 1 aromatic carbocycles. The zero-order valence-corrected chi connectivity index (χ0v) is 22.2. The number of piperidine rings is 2. The van der Waals surface area contributed by atoms with Gasteiger partial charge in [-0.3, -0.25) is 24.0 Å². The second-order valence-corrected chi connectivity index (χ2v) is 11.9. The number of nitrogens with zero attached hydrogens (tertiary/aromatic N) is 4. The van der Waals surface area contributed by atoms with E-state index in [2.05, 4.69) is 10.2 Å². The van der Waals surface area contributed by atoms with E-state index in [-0.39, 0.29) is 24.1 Å². The van der Waals surface area contributed by atoms with E-state index >= 15 is 0 Å². The first-order valence-electron chi connectivity index (χ1n) is 13.2. The lowest BCUT2D eigenvalue weighted by atomic mass is 9.72. The molecule has 0 radical (unpaired) electrons. The number of benzene rings is 1. The molecule has 2 aromatic rings. The Morgan fingerprint density at radius 1 is 1.11 bits per heavy atom. The molecule has 10 heteroatoms. The van der Waals surface area contributed by atoms with E-state index in [1.54, 1.807) is 11.6 Å². The Bertz CT molecular complexity index is 1290. The second kappa shape index (κ2) is 9.31. The Morgan fingerprint density at radius 2 is 1.81 bits per heavy atom. The number of likely N-dealkylation sites (tertiary alicyclic amines) is 2. The number of ether oxygens (including phenoxy) is 1. The molecule has 0 saturated carbocycles. The van der Waals surface area contributed by atoms with Gasteiger partial charge in [-0.25, -0.2) is 9.59 Å². The number of aromatic nitrogens is 2. The average Bonchev–Trinajstić information content (AvgIpc) is 3.05. The van der Waals surface area contributed by atoms with Crippen LogP contribution in [0.5, 0.6) is 0 Å². The molecule has 3 saturated heterocycles. The van der Waals surface area contributed by atoms with Crippen LogP contribution in [-0.4, -0.2) is 75.2 Å². The highest BCUT2D eigenvalue weighted by Crippen LogP contribution is 2.40. The minimum Gasteiger partial charge on any atom is -0.444 e. The highest BCUT2D eigenvalue weighted by molar-refractivity contribution is 6.00. The van der Waals surface area contributed by atoms with Gasteiger partial charge in [-0.15, -0.1) is 0 Å². The Balaban J connectivity index is 1.17. The van der Waals surface area contributed by atoms with Crippen molar-refractivity contribution in [2.45, 2.75) is 64.5 Å². The number of amides is 3. The van der Waals surface area contributed by atoms with Gasteiger partial charge in [-0.1, -0.05) is 6.07 Å². The van der Waals surface area contributed by atoms with Crippen LogP contribution in [0.15, 0.2) is 23.0 Å². The Hall–Kier alpha value is -3.14. The summed E-state index contributed by atoms with van der Waals surface area (Å²) >= 11 is 0. The third-order valence-electron chi connectivity index (χ3n) is 7.99. The predicted molar refractivity (Wildman–Crippen MR) is 138 cm³/mol. The van der Waals surface area contributed by atoms with Gasteiger partial charge in [0, 0.05) is 46.2 Å². The summed E-state index contributed by atoms with van der Waals surface area (Å²) in [5.41, 5.74) is 2.23. The maximum atomic E-state index is 13.0. The highest BCUT2D eigenvalue weighted by atomic mass is 16.6. The SMILES string of the molecule is Cn1c(=O)n(C2CCC(=O)NC2=O)c2ccc(CCN3CC4(CCN(C(=O)OC(C)(C)C)CC4)C3)cc21. The minimum absolute atomic E-state index is 0.213. The van der Waals surface area contributed by atoms with Crippen molar-refractivity contribution in [1.82, 2.24) is 24.3 Å². The molecule has 3 aliphatic heterocycles. The number of imidazole rings is 1. The van der Waals surface area contributed by atoms with Crippen molar-refractivity contribution in [3.63, 3.8) is 0 Å². The van der Waals surface area contributed by atoms with Crippen molar-refractivity contribution in [3.05, 3.63) is 34.2 Å². The van der Waals surface area contributed by atoms with Gasteiger partial charge in [0.1, 0.15) is 11.6 Å². The lowest BCUT2D eigenvalue weighted by molar-refractivity contribution is -0.135. The molecule has 1 atom stereocenters. The van der Waals surface area contributed by atoms with Crippen LogP contribution < -0.4 is 11.0 Å². The number of imide groups is 1. The number of carbonyl (C=O) groups is 3. The van der Waals surface area contributed by atoms with Gasteiger partial charge in [-0.05, 0) is 69.6 Å². The number of rotatable bonds is 4. The maximum absolute atomic E-state index is 13.0. The number of aryl methyl sites for hydroxylation is 1. The molecule has 1 spiro atoms. The first-order valence-corrected chi connectivity index (χ1v) is 13.2. The van der Waals surface area contributed by atoms with E-state index in [1.807, 2.05) is 43.9 Å². The van der Waals surface area contributed by atoms with Crippen LogP contribution >= 0.6 is 0 Å². The molecule has 3 aliphatic rings. The van der Waals surface area contributed by atoms with Crippen molar-refractivity contribution in [2.24, 2.45) is 12.5 Å². The van der Waals surface area contributed by atoms with Gasteiger partial charge >= 0.3 is 11.8 Å². The van der Waals surface area contributed by atoms with Crippen LogP contribution in [0.1, 0.15) is 58.1 Å². The van der Waals surface area contributed by atoms with E-state index in [0.29, 0.717) is 17.4 Å². The van der Waals surface area contributed by atoms with Crippen molar-refractivity contribution < 1.29 is 19.1 Å². The summed E-state index contributed by atoms with van der Waals surface area (Å²) in [5, 5.41) is 2.35. The molecule has 1 unspecified atom stereocenters. The molecule has 1 N–H and O–H groups in total. The van der Waals surface area contributed by atoms with Crippen molar-refractivity contribution in [3.8, 4) is 0 Å². The third-order valence-corrected chi connectivity index (χ3v) is 7.99. The average molecular weight is 512 g/mol. The first-order chi connectivity index (χ1) is 17.4. The van der Waals surface area contributed by atoms with Gasteiger partial charge in [0.05, 0.1) is 11.0 Å². The summed E-state index contributed by atoms with van der Waals surface area (Å²) in [6, 6.07) is 5.31. The molecule has 0 bridgehead atoms. The van der Waals surface area contributed by atoms with E-state index in [9.17, 15) is 19.2 Å². The minimum atomic E-state index is -0.668. The van der Waals surface area contributed by atoms with Crippen molar-refractivity contribution >= 4 is 28.9 Å². The topological polar surface area (TPSA) is 106 Å². The van der Waals surface area contributed by atoms with Crippen molar-refractivity contribution in [1.29, 1.82) is 0 Å². The van der Waals surface area contributed by atoms with E-state index < -0.39 is 17.6 Å². The Labute approximate surface area is 216 Å². The first kappa shape index (κ1) is 25.5. The normalized spacial score (nSPS) is 22.3. The number of hydrogen-bond donors (Lipinski definition) is 1. The van der Waals surface area contributed by atoms with Crippen LogP contribution in [0.25, 0.3) is 11.0 Å². The number of fused-ring (bicyclic) bond motifs is 1. The van der Waals surface area contributed by atoms with Crippen LogP contribution in [0, 0.1) is 5.41 Å². The summed E-state index contributed by atoms with van der Waals surface area (Å²) in [7, 11) is 1.72. The smallest absolute Gasteiger partial charge is 0.410 e. The fourth-order valence-electron chi connectivity index (χ4n) is 5.95. The zero-order chi connectivity index (χ0) is 26.5. The highest BCUT2D eigenvalue weighted by Gasteiger charge is 2.45. The number of carbonyl (C=O) groups excluding carboxylic acids is 3. The monoisotopic (exact) mass is 511 g/mol. The third kappa shape index (κ3) is 5.03. The molecule has 1 aromatic heterocycles. The molecule has 200 valence electrons. The molecule has 4 heterocycles. The molecule has 37 heavy (non-hydrogen) atoms. The van der Waals surface area contributed by atoms with Crippen LogP contribution in [0.4, 0.5) is 4.79 Å². The number of nitrogens with one attached hydrogen (secondary N) is 1. The van der Waals surface area contributed by atoms with Gasteiger partial charge in [-0.2, -0.15) is 0 Å². The van der Waals surface area contributed by atoms with E-state index in [4.69, 9.17) is 4.74 Å². The van der Waals surface area contributed by atoms with Gasteiger partial charge in [0.25, 0.3) is 0 Å². The number of hydrogen-bond acceptors (Lipinski definition) is 6. The predicted octanol–water partition coefficient (Wildman–Crippen LogP) is 2.19. The zero-order valence-electron chi connectivity index (χ0n) is 22.2. The summed E-state index contributed by atoms with van der Waals surface area (Å²) in [4.78, 5) is 53.6. The fraction of sp³-hybridized carbons (Fsp3) is 0.630. The molecule has 10 nitrogen and oxygen atoms in total. The van der Waals surface area contributed by atoms with E-state index in [0.717, 1.165) is 63.1 Å². The standard InChI is InChI=1S/C27H37N5O5/c1-26(2,3)37-25(36)31-13-10-27(11-14-31)16-30(17-27)12-9-18-5-6-19-21(15-18)29(4)24(35)32(19)20-7-8-22(33)28-23(20)34/h5-6,15,20H,7-14,16-17H2,1-4H3,(H,28,33,34). The molecular weight excluding hydrogens is 474 g/mol. The fourth-order valence-corrected chi connectivity index (χ4v) is 5.95. The van der Waals surface area contributed by atoms with Gasteiger partial charge < -0.3 is 14.5 Å². The maximum Gasteiger partial charge on any atom is 0.410 e. The largest absolute Gasteiger partial charge is 0.444 e. The summed E-state index contributed by atoms with van der Waals surface area (Å²) in [6.45, 7) is 10.2. The quantitative estimate of drug-likeness (QED) is 0.631. The lowest BCUT2D eigenvalue weighted by Crippen LogP contribution is -2.61. The van der Waals surface area contributed by atoms with Gasteiger partial charge in [0.2, 0.25) is 11.8 Å². The van der Waals surface area contributed by atoms with Crippen LogP contribution in [0.2, 0.25) is 0 Å². The summed E-state index contributed by atoms with van der Waals surface area (Å²) < 4.78 is 8.62. The molecule has 5 rings (SSSR count). The summed E-state index contributed by atoms with van der Waals surface area (Å²) in [6.07, 6.45) is 3.23. The second-order valence-electron chi connectivity index (χ2n) is 11.9. The summed E-state index contributed by atoms with van der Waals surface area (Å²) in [5.74, 6) is -0.711. The molecule has 0 aliphatic carbocycles. The Kier molecular flexibility index (Phi) is 6.42. The molecular formula is C27H37N5O5. The van der Waals surface area contributed by atoms with Crippen LogP contribution in [0.3, 0.4) is 0 Å². The Morgan fingerprint density at radius 3 is 2.46 bits per heavy atom. The van der Waals surface area contributed by atoms with E-state index in [1.165, 1.54) is 4.57 Å². The van der Waals surface area contributed by atoms with Crippen molar-refractivity contribution in [2.75, 3.05) is 32.7 Å². The van der Waals surface area contributed by atoms with Gasteiger partial charge in [0.15, 0.2) is 0 Å². The lowest BCUT2D eigenvalue weighted by Gasteiger charge is -2.54. The molecule has 3 amide bonds. The molecule has 3 fully saturated rings.